The quantitative estimate of drug-likeness (QED) is 0.792. The zero-order valence-electron chi connectivity index (χ0n) is 11.4. The van der Waals surface area contributed by atoms with E-state index in [2.05, 4.69) is 63.9 Å². The van der Waals surface area contributed by atoms with Crippen LogP contribution in [0.4, 0.5) is 0 Å². The maximum absolute atomic E-state index is 9.16. The van der Waals surface area contributed by atoms with Crippen LogP contribution >= 0.6 is 31.9 Å². The minimum atomic E-state index is 0.00849. The van der Waals surface area contributed by atoms with Gasteiger partial charge in [-0.3, -0.25) is 0 Å². The first-order valence-electron chi connectivity index (χ1n) is 6.28. The van der Waals surface area contributed by atoms with E-state index in [1.807, 2.05) is 12.1 Å². The van der Waals surface area contributed by atoms with Gasteiger partial charge in [-0.25, -0.2) is 0 Å². The molecule has 0 aliphatic heterocycles. The highest BCUT2D eigenvalue weighted by molar-refractivity contribution is 9.11. The van der Waals surface area contributed by atoms with E-state index in [1.54, 1.807) is 0 Å². The van der Waals surface area contributed by atoms with Gasteiger partial charge in [-0.1, -0.05) is 29.3 Å². The number of benzene rings is 2. The van der Waals surface area contributed by atoms with E-state index in [0.717, 1.165) is 25.8 Å². The summed E-state index contributed by atoms with van der Waals surface area (Å²) in [6, 6.07) is 10.1. The maximum atomic E-state index is 9.16. The first-order chi connectivity index (χ1) is 9.49. The van der Waals surface area contributed by atoms with E-state index in [4.69, 9.17) is 9.84 Å². The Hall–Kier alpha value is -0.840. The third-order valence-electron chi connectivity index (χ3n) is 2.91. The standard InChI is InChI=1S/C16H16Br2O2/c1-10-3-11(2)5-13(4-10)9-20-16-14(17)6-12(8-19)7-15(16)18/h3-7,19H,8-9H2,1-2H3. The molecule has 4 heteroatoms. The van der Waals surface area contributed by atoms with Crippen LogP contribution in [0.2, 0.25) is 0 Å². The number of ether oxygens (including phenoxy) is 1. The van der Waals surface area contributed by atoms with Crippen molar-refractivity contribution in [1.29, 1.82) is 0 Å². The number of halogens is 2. The average molecular weight is 400 g/mol. The smallest absolute Gasteiger partial charge is 0.148 e. The molecule has 0 unspecified atom stereocenters. The summed E-state index contributed by atoms with van der Waals surface area (Å²) in [6.07, 6.45) is 0. The second-order valence-corrected chi connectivity index (χ2v) is 6.54. The predicted molar refractivity (Wildman–Crippen MR) is 88.0 cm³/mol. The van der Waals surface area contributed by atoms with Gasteiger partial charge in [0.1, 0.15) is 12.4 Å². The van der Waals surface area contributed by atoms with E-state index in [-0.39, 0.29) is 6.61 Å². The minimum absolute atomic E-state index is 0.00849. The molecule has 0 heterocycles. The number of hydrogen-bond acceptors (Lipinski definition) is 2. The van der Waals surface area contributed by atoms with E-state index in [1.165, 1.54) is 11.1 Å². The molecule has 20 heavy (non-hydrogen) atoms. The lowest BCUT2D eigenvalue weighted by Gasteiger charge is -2.12. The van der Waals surface area contributed by atoms with Crippen molar-refractivity contribution in [1.82, 2.24) is 0 Å². The highest BCUT2D eigenvalue weighted by Gasteiger charge is 2.09. The van der Waals surface area contributed by atoms with Crippen LogP contribution in [0.15, 0.2) is 39.3 Å². The van der Waals surface area contributed by atoms with Crippen molar-refractivity contribution in [2.75, 3.05) is 0 Å². The monoisotopic (exact) mass is 398 g/mol. The fraction of sp³-hybridized carbons (Fsp3) is 0.250. The average Bonchev–Trinajstić information content (AvgIpc) is 2.36. The topological polar surface area (TPSA) is 29.5 Å². The second-order valence-electron chi connectivity index (χ2n) is 4.83. The van der Waals surface area contributed by atoms with Gasteiger partial charge in [0.15, 0.2) is 0 Å². The van der Waals surface area contributed by atoms with E-state index in [0.29, 0.717) is 6.61 Å². The van der Waals surface area contributed by atoms with Crippen LogP contribution in [0, 0.1) is 13.8 Å². The molecule has 0 bridgehead atoms. The summed E-state index contributed by atoms with van der Waals surface area (Å²) in [7, 11) is 0. The molecule has 0 amide bonds. The van der Waals surface area contributed by atoms with Gasteiger partial charge < -0.3 is 9.84 Å². The highest BCUT2D eigenvalue weighted by atomic mass is 79.9. The van der Waals surface area contributed by atoms with E-state index >= 15 is 0 Å². The summed E-state index contributed by atoms with van der Waals surface area (Å²) in [4.78, 5) is 0. The number of hydrogen-bond donors (Lipinski definition) is 1. The normalized spacial score (nSPS) is 10.7. The second kappa shape index (κ2) is 6.74. The Balaban J connectivity index is 2.18. The van der Waals surface area contributed by atoms with Crippen LogP contribution in [0.3, 0.4) is 0 Å². The molecule has 2 aromatic rings. The molecule has 2 rings (SSSR count). The van der Waals surface area contributed by atoms with Crippen molar-refractivity contribution in [2.45, 2.75) is 27.1 Å². The number of rotatable bonds is 4. The summed E-state index contributed by atoms with van der Waals surface area (Å²) in [5, 5.41) is 9.16. The minimum Gasteiger partial charge on any atom is -0.487 e. The van der Waals surface area contributed by atoms with Crippen LogP contribution in [-0.2, 0) is 13.2 Å². The van der Waals surface area contributed by atoms with Gasteiger partial charge in [0, 0.05) is 0 Å². The van der Waals surface area contributed by atoms with Crippen molar-refractivity contribution >= 4 is 31.9 Å². The molecular weight excluding hydrogens is 384 g/mol. The molecule has 2 aromatic carbocycles. The Morgan fingerprint density at radius 3 is 1.95 bits per heavy atom. The van der Waals surface area contributed by atoms with Crippen molar-refractivity contribution < 1.29 is 9.84 Å². The van der Waals surface area contributed by atoms with Gasteiger partial charge in [-0.05, 0) is 69.0 Å². The molecule has 2 nitrogen and oxygen atoms in total. The lowest BCUT2D eigenvalue weighted by Crippen LogP contribution is -1.99. The Morgan fingerprint density at radius 1 is 0.900 bits per heavy atom. The molecule has 0 aromatic heterocycles. The third kappa shape index (κ3) is 3.84. The zero-order chi connectivity index (χ0) is 14.7. The summed E-state index contributed by atoms with van der Waals surface area (Å²) >= 11 is 6.95. The van der Waals surface area contributed by atoms with Crippen LogP contribution in [0.1, 0.15) is 22.3 Å². The predicted octanol–water partition coefficient (Wildman–Crippen LogP) is 4.90. The van der Waals surface area contributed by atoms with Crippen LogP contribution < -0.4 is 4.74 Å². The van der Waals surface area contributed by atoms with Crippen molar-refractivity contribution in [3.8, 4) is 5.75 Å². The Labute approximate surface area is 136 Å². The van der Waals surface area contributed by atoms with Crippen molar-refractivity contribution in [2.24, 2.45) is 0 Å². The first kappa shape index (κ1) is 15.5. The van der Waals surface area contributed by atoms with Crippen LogP contribution in [-0.4, -0.2) is 5.11 Å². The van der Waals surface area contributed by atoms with Crippen molar-refractivity contribution in [3.63, 3.8) is 0 Å². The maximum Gasteiger partial charge on any atom is 0.148 e. The molecule has 0 saturated heterocycles. The zero-order valence-corrected chi connectivity index (χ0v) is 14.6. The van der Waals surface area contributed by atoms with Gasteiger partial charge in [-0.2, -0.15) is 0 Å². The molecule has 0 spiro atoms. The molecule has 0 aliphatic rings. The van der Waals surface area contributed by atoms with E-state index < -0.39 is 0 Å². The summed E-state index contributed by atoms with van der Waals surface area (Å²) in [6.45, 7) is 4.68. The van der Waals surface area contributed by atoms with Gasteiger partial charge >= 0.3 is 0 Å². The van der Waals surface area contributed by atoms with Gasteiger partial charge in [0.25, 0.3) is 0 Å². The number of aliphatic hydroxyl groups is 1. The van der Waals surface area contributed by atoms with Gasteiger partial charge in [0.05, 0.1) is 15.6 Å². The first-order valence-corrected chi connectivity index (χ1v) is 7.87. The summed E-state index contributed by atoms with van der Waals surface area (Å²) < 4.78 is 7.55. The van der Waals surface area contributed by atoms with Gasteiger partial charge in [0.2, 0.25) is 0 Å². The Kier molecular flexibility index (Phi) is 5.24. The summed E-state index contributed by atoms with van der Waals surface area (Å²) in [5.74, 6) is 0.751. The molecular formula is C16H16Br2O2. The van der Waals surface area contributed by atoms with Crippen LogP contribution in [0.5, 0.6) is 5.75 Å². The Bertz CT molecular complexity index is 581. The van der Waals surface area contributed by atoms with Crippen molar-refractivity contribution in [3.05, 3.63) is 61.5 Å². The third-order valence-corrected chi connectivity index (χ3v) is 4.08. The van der Waals surface area contributed by atoms with E-state index in [9.17, 15) is 0 Å². The lowest BCUT2D eigenvalue weighted by atomic mass is 10.1. The number of aliphatic hydroxyl groups excluding tert-OH is 1. The van der Waals surface area contributed by atoms with Crippen LogP contribution in [0.25, 0.3) is 0 Å². The molecule has 1 N–H and O–H groups in total. The molecule has 0 aliphatic carbocycles. The summed E-state index contributed by atoms with van der Waals surface area (Å²) in [5.41, 5.74) is 4.45. The fourth-order valence-electron chi connectivity index (χ4n) is 2.15. The lowest BCUT2D eigenvalue weighted by molar-refractivity contribution is 0.280. The largest absolute Gasteiger partial charge is 0.487 e. The fourth-order valence-corrected chi connectivity index (χ4v) is 3.66. The molecule has 0 fully saturated rings. The SMILES string of the molecule is Cc1cc(C)cc(COc2c(Br)cc(CO)cc2Br)c1. The molecule has 0 atom stereocenters. The molecule has 0 radical (unpaired) electrons. The number of aryl methyl sites for hydroxylation is 2. The molecule has 0 saturated carbocycles. The molecule has 106 valence electrons. The van der Waals surface area contributed by atoms with Gasteiger partial charge in [-0.15, -0.1) is 0 Å². The Morgan fingerprint density at radius 2 is 1.45 bits per heavy atom. The highest BCUT2D eigenvalue weighted by Crippen LogP contribution is 2.35.